The molecule has 11 heavy (non-hydrogen) atoms. The number of rotatable bonds is 1. The minimum atomic E-state index is 0.537. The van der Waals surface area contributed by atoms with Crippen LogP contribution in [0.25, 0.3) is 0 Å². The van der Waals surface area contributed by atoms with Gasteiger partial charge in [0.2, 0.25) is 0 Å². The molecule has 1 heterocycles. The Morgan fingerprint density at radius 3 is 2.36 bits per heavy atom. The summed E-state index contributed by atoms with van der Waals surface area (Å²) in [7, 11) is 0. The van der Waals surface area contributed by atoms with E-state index in [2.05, 4.69) is 38.7 Å². The van der Waals surface area contributed by atoms with Gasteiger partial charge in [-0.3, -0.25) is 4.98 Å². The highest BCUT2D eigenvalue weighted by Gasteiger charge is 2.04. The molecule has 0 spiro atoms. The zero-order valence-corrected chi connectivity index (χ0v) is 7.68. The topological polar surface area (TPSA) is 12.9 Å². The molecule has 1 aromatic heterocycles. The van der Waals surface area contributed by atoms with E-state index in [1.165, 1.54) is 16.8 Å². The Labute approximate surface area is 68.5 Å². The van der Waals surface area contributed by atoms with Gasteiger partial charge in [0, 0.05) is 11.9 Å². The van der Waals surface area contributed by atoms with E-state index >= 15 is 0 Å². The Balaban J connectivity index is 3.17. The molecule has 0 saturated heterocycles. The molecule has 0 fully saturated rings. The first-order valence-corrected chi connectivity index (χ1v) is 4.05. The fourth-order valence-corrected chi connectivity index (χ4v) is 1.24. The molecule has 0 N–H and O–H groups in total. The molecule has 0 aromatic carbocycles. The summed E-state index contributed by atoms with van der Waals surface area (Å²) in [5.74, 6) is 0.537. The first-order chi connectivity index (χ1) is 5.13. The van der Waals surface area contributed by atoms with Gasteiger partial charge in [-0.15, -0.1) is 0 Å². The van der Waals surface area contributed by atoms with Crippen molar-refractivity contribution in [1.82, 2.24) is 4.98 Å². The SMILES string of the molecule is Cc1ccnc(C(C)C)c1C. The van der Waals surface area contributed by atoms with Crippen molar-refractivity contribution < 1.29 is 0 Å². The lowest BCUT2D eigenvalue weighted by molar-refractivity contribution is 0.808. The molecule has 0 amide bonds. The van der Waals surface area contributed by atoms with Gasteiger partial charge in [0.15, 0.2) is 0 Å². The largest absolute Gasteiger partial charge is 0.261 e. The van der Waals surface area contributed by atoms with Gasteiger partial charge >= 0.3 is 0 Å². The Morgan fingerprint density at radius 1 is 1.27 bits per heavy atom. The quantitative estimate of drug-likeness (QED) is 0.598. The third kappa shape index (κ3) is 1.59. The van der Waals surface area contributed by atoms with Crippen molar-refractivity contribution in [2.45, 2.75) is 33.6 Å². The summed E-state index contributed by atoms with van der Waals surface area (Å²) in [4.78, 5) is 4.34. The maximum atomic E-state index is 4.34. The average molecular weight is 149 g/mol. The van der Waals surface area contributed by atoms with Crippen molar-refractivity contribution in [3.63, 3.8) is 0 Å². The van der Waals surface area contributed by atoms with E-state index in [0.717, 1.165) is 0 Å². The van der Waals surface area contributed by atoms with Gasteiger partial charge in [0.1, 0.15) is 0 Å². The van der Waals surface area contributed by atoms with E-state index < -0.39 is 0 Å². The highest BCUT2D eigenvalue weighted by atomic mass is 14.7. The van der Waals surface area contributed by atoms with Gasteiger partial charge in [0.05, 0.1) is 0 Å². The highest BCUT2D eigenvalue weighted by Crippen LogP contribution is 2.17. The summed E-state index contributed by atoms with van der Waals surface area (Å²) in [5, 5.41) is 0. The van der Waals surface area contributed by atoms with E-state index in [-0.39, 0.29) is 0 Å². The van der Waals surface area contributed by atoms with Crippen molar-refractivity contribution in [3.05, 3.63) is 29.1 Å². The standard InChI is InChI=1S/C10H15N/c1-7(2)10-9(4)8(3)5-6-11-10/h5-7H,1-4H3. The van der Waals surface area contributed by atoms with E-state index in [4.69, 9.17) is 0 Å². The first kappa shape index (κ1) is 8.25. The fraction of sp³-hybridized carbons (Fsp3) is 0.500. The van der Waals surface area contributed by atoms with Crippen LogP contribution in [0.5, 0.6) is 0 Å². The number of pyridine rings is 1. The molecule has 0 saturated carbocycles. The van der Waals surface area contributed by atoms with E-state index in [9.17, 15) is 0 Å². The lowest BCUT2D eigenvalue weighted by Gasteiger charge is -2.09. The second-order valence-electron chi connectivity index (χ2n) is 3.29. The van der Waals surface area contributed by atoms with Crippen LogP contribution in [0.2, 0.25) is 0 Å². The van der Waals surface area contributed by atoms with Crippen LogP contribution in [0, 0.1) is 13.8 Å². The zero-order chi connectivity index (χ0) is 8.43. The molecule has 1 heteroatoms. The van der Waals surface area contributed by atoms with Crippen LogP contribution in [-0.2, 0) is 0 Å². The maximum absolute atomic E-state index is 4.34. The maximum Gasteiger partial charge on any atom is 0.0460 e. The molecule has 1 aromatic rings. The molecule has 0 bridgehead atoms. The molecule has 0 aliphatic heterocycles. The molecule has 60 valence electrons. The molecular weight excluding hydrogens is 134 g/mol. The third-order valence-corrected chi connectivity index (χ3v) is 2.06. The summed E-state index contributed by atoms with van der Waals surface area (Å²) < 4.78 is 0. The lowest BCUT2D eigenvalue weighted by Crippen LogP contribution is -1.97. The Morgan fingerprint density at radius 2 is 1.91 bits per heavy atom. The predicted octanol–water partition coefficient (Wildman–Crippen LogP) is 2.82. The van der Waals surface area contributed by atoms with Crippen molar-refractivity contribution >= 4 is 0 Å². The molecule has 0 atom stereocenters. The second-order valence-corrected chi connectivity index (χ2v) is 3.29. The Hall–Kier alpha value is -0.850. The van der Waals surface area contributed by atoms with Crippen LogP contribution in [0.15, 0.2) is 12.3 Å². The summed E-state index contributed by atoms with van der Waals surface area (Å²) in [6.07, 6.45) is 1.89. The van der Waals surface area contributed by atoms with Crippen LogP contribution in [-0.4, -0.2) is 4.98 Å². The number of hydrogen-bond acceptors (Lipinski definition) is 1. The molecule has 1 nitrogen and oxygen atoms in total. The first-order valence-electron chi connectivity index (χ1n) is 4.05. The van der Waals surface area contributed by atoms with E-state index in [1.54, 1.807) is 0 Å². The minimum absolute atomic E-state index is 0.537. The molecule has 0 aliphatic rings. The smallest absolute Gasteiger partial charge is 0.0460 e. The average Bonchev–Trinajstić information content (AvgIpc) is 1.94. The van der Waals surface area contributed by atoms with Gasteiger partial charge in [-0.2, -0.15) is 0 Å². The predicted molar refractivity (Wildman–Crippen MR) is 47.8 cm³/mol. The Bertz CT molecular complexity index is 251. The minimum Gasteiger partial charge on any atom is -0.261 e. The van der Waals surface area contributed by atoms with Crippen LogP contribution >= 0.6 is 0 Å². The van der Waals surface area contributed by atoms with Crippen molar-refractivity contribution in [2.24, 2.45) is 0 Å². The molecule has 0 radical (unpaired) electrons. The highest BCUT2D eigenvalue weighted by molar-refractivity contribution is 5.28. The molecular formula is C10H15N. The normalized spacial score (nSPS) is 10.6. The summed E-state index contributed by atoms with van der Waals surface area (Å²) in [6.45, 7) is 8.62. The molecule has 0 unspecified atom stereocenters. The number of aromatic nitrogens is 1. The van der Waals surface area contributed by atoms with Crippen molar-refractivity contribution in [1.29, 1.82) is 0 Å². The van der Waals surface area contributed by atoms with Crippen molar-refractivity contribution in [2.75, 3.05) is 0 Å². The van der Waals surface area contributed by atoms with Crippen molar-refractivity contribution in [3.8, 4) is 0 Å². The lowest BCUT2D eigenvalue weighted by atomic mass is 10.0. The van der Waals surface area contributed by atoms with Gasteiger partial charge in [-0.05, 0) is 37.0 Å². The summed E-state index contributed by atoms with van der Waals surface area (Å²) in [6, 6.07) is 2.06. The zero-order valence-electron chi connectivity index (χ0n) is 7.68. The Kier molecular flexibility index (Phi) is 2.28. The third-order valence-electron chi connectivity index (χ3n) is 2.06. The monoisotopic (exact) mass is 149 g/mol. The summed E-state index contributed by atoms with van der Waals surface area (Å²) >= 11 is 0. The van der Waals surface area contributed by atoms with Crippen LogP contribution in [0.1, 0.15) is 36.6 Å². The summed E-state index contributed by atoms with van der Waals surface area (Å²) in [5.41, 5.74) is 3.90. The number of aryl methyl sites for hydroxylation is 1. The van der Waals surface area contributed by atoms with Crippen LogP contribution < -0.4 is 0 Å². The van der Waals surface area contributed by atoms with Gasteiger partial charge in [-0.25, -0.2) is 0 Å². The second kappa shape index (κ2) is 3.04. The number of nitrogens with zero attached hydrogens (tertiary/aromatic N) is 1. The van der Waals surface area contributed by atoms with E-state index in [0.29, 0.717) is 5.92 Å². The van der Waals surface area contributed by atoms with Crippen LogP contribution in [0.3, 0.4) is 0 Å². The van der Waals surface area contributed by atoms with E-state index in [1.807, 2.05) is 6.20 Å². The van der Waals surface area contributed by atoms with Gasteiger partial charge in [0.25, 0.3) is 0 Å². The number of hydrogen-bond donors (Lipinski definition) is 0. The van der Waals surface area contributed by atoms with Gasteiger partial charge < -0.3 is 0 Å². The molecule has 0 aliphatic carbocycles. The van der Waals surface area contributed by atoms with Gasteiger partial charge in [-0.1, -0.05) is 13.8 Å². The fourth-order valence-electron chi connectivity index (χ4n) is 1.24. The molecule has 1 rings (SSSR count). The van der Waals surface area contributed by atoms with Crippen LogP contribution in [0.4, 0.5) is 0 Å².